The van der Waals surface area contributed by atoms with Gasteiger partial charge in [-0.1, -0.05) is 54.1 Å². The van der Waals surface area contributed by atoms with Gasteiger partial charge in [0.1, 0.15) is 0 Å². The normalized spacial score (nSPS) is 12.2. The van der Waals surface area contributed by atoms with Crippen LogP contribution in [0.15, 0.2) is 77.9 Å². The maximum atomic E-state index is 12.8. The molecule has 0 aliphatic heterocycles. The van der Waals surface area contributed by atoms with Crippen molar-refractivity contribution in [2.24, 2.45) is 5.73 Å². The Morgan fingerprint density at radius 3 is 2.43 bits per heavy atom. The first-order valence-electron chi connectivity index (χ1n) is 8.81. The Hall–Kier alpha value is -2.54. The van der Waals surface area contributed by atoms with Gasteiger partial charge in [-0.25, -0.2) is 8.42 Å². The number of halogens is 2. The molecule has 30 heavy (non-hydrogen) atoms. The third kappa shape index (κ3) is 6.23. The zero-order chi connectivity index (χ0) is 22.5. The predicted molar refractivity (Wildman–Crippen MR) is 123 cm³/mol. The van der Waals surface area contributed by atoms with Crippen LogP contribution in [0.1, 0.15) is 11.1 Å². The number of benzene rings is 2. The average Bonchev–Trinajstić information content (AvgIpc) is 2.68. The van der Waals surface area contributed by atoms with Crippen LogP contribution in [-0.4, -0.2) is 32.5 Å². The number of allylic oxidation sites excluding steroid dienone is 2. The van der Waals surface area contributed by atoms with Crippen molar-refractivity contribution in [1.82, 2.24) is 4.90 Å². The Kier molecular flexibility index (Phi) is 7.89. The lowest BCUT2D eigenvalue weighted by Crippen LogP contribution is -2.27. The van der Waals surface area contributed by atoms with Crippen molar-refractivity contribution in [1.29, 1.82) is 0 Å². The van der Waals surface area contributed by atoms with Crippen LogP contribution in [-0.2, 0) is 21.2 Å². The Labute approximate surface area is 187 Å². The van der Waals surface area contributed by atoms with Crippen LogP contribution in [0.3, 0.4) is 0 Å². The molecule has 2 N–H and O–H groups in total. The molecule has 5 nitrogen and oxygen atoms in total. The second kappa shape index (κ2) is 9.98. The smallest absolute Gasteiger partial charge is 0.255 e. The van der Waals surface area contributed by atoms with Crippen LogP contribution in [0, 0.1) is 0 Å². The number of nitrogens with two attached hydrogens (primary N) is 1. The number of nitrogens with zero attached hydrogens (tertiary/aromatic N) is 1. The summed E-state index contributed by atoms with van der Waals surface area (Å²) in [5.41, 5.74) is 8.03. The quantitative estimate of drug-likeness (QED) is 0.484. The van der Waals surface area contributed by atoms with Crippen LogP contribution in [0.5, 0.6) is 0 Å². The van der Waals surface area contributed by atoms with Gasteiger partial charge in [0, 0.05) is 36.1 Å². The van der Waals surface area contributed by atoms with Gasteiger partial charge in [-0.15, -0.1) is 0 Å². The first kappa shape index (κ1) is 23.7. The molecular formula is C22H22Cl2N2O3S. The van der Waals surface area contributed by atoms with Crippen LogP contribution in [0.2, 0.25) is 10.0 Å². The second-order valence-corrected chi connectivity index (χ2v) is 9.54. The Morgan fingerprint density at radius 2 is 1.87 bits per heavy atom. The van der Waals surface area contributed by atoms with Gasteiger partial charge >= 0.3 is 0 Å². The van der Waals surface area contributed by atoms with E-state index in [-0.39, 0.29) is 27.9 Å². The lowest BCUT2D eigenvalue weighted by Gasteiger charge is -2.19. The van der Waals surface area contributed by atoms with E-state index in [1.807, 2.05) is 12.1 Å². The van der Waals surface area contributed by atoms with Crippen LogP contribution < -0.4 is 5.73 Å². The number of amides is 1. The van der Waals surface area contributed by atoms with E-state index in [2.05, 4.69) is 6.58 Å². The Balaban J connectivity index is 2.13. The van der Waals surface area contributed by atoms with Gasteiger partial charge in [0.15, 0.2) is 9.84 Å². The number of rotatable bonds is 7. The lowest BCUT2D eigenvalue weighted by molar-refractivity contribution is -0.126. The number of hydrogen-bond donors (Lipinski definition) is 1. The molecule has 0 unspecified atom stereocenters. The maximum Gasteiger partial charge on any atom is 0.255 e. The molecule has 0 radical (unpaired) electrons. The largest absolute Gasteiger partial charge is 0.404 e. The molecule has 0 atom stereocenters. The summed E-state index contributed by atoms with van der Waals surface area (Å²) >= 11 is 12.2. The van der Waals surface area contributed by atoms with Crippen molar-refractivity contribution in [2.45, 2.75) is 11.4 Å². The zero-order valence-corrected chi connectivity index (χ0v) is 18.9. The molecule has 0 spiro atoms. The fraction of sp³-hybridized carbons (Fsp3) is 0.136. The maximum absolute atomic E-state index is 12.8. The molecule has 2 aromatic rings. The summed E-state index contributed by atoms with van der Waals surface area (Å²) < 4.78 is 23.3. The van der Waals surface area contributed by atoms with E-state index in [9.17, 15) is 13.2 Å². The van der Waals surface area contributed by atoms with Gasteiger partial charge in [-0.2, -0.15) is 0 Å². The van der Waals surface area contributed by atoms with Crippen molar-refractivity contribution < 1.29 is 13.2 Å². The highest BCUT2D eigenvalue weighted by Gasteiger charge is 2.16. The molecule has 0 heterocycles. The first-order chi connectivity index (χ1) is 14.0. The summed E-state index contributed by atoms with van der Waals surface area (Å²) in [5, 5.41) is 0.854. The number of hydrogen-bond acceptors (Lipinski definition) is 4. The topological polar surface area (TPSA) is 80.5 Å². The van der Waals surface area contributed by atoms with Gasteiger partial charge < -0.3 is 10.6 Å². The highest BCUT2D eigenvalue weighted by Crippen LogP contribution is 2.23. The minimum absolute atomic E-state index is 0.121. The van der Waals surface area contributed by atoms with E-state index in [1.54, 1.807) is 37.4 Å². The number of sulfone groups is 1. The van der Waals surface area contributed by atoms with E-state index in [0.29, 0.717) is 16.2 Å². The van der Waals surface area contributed by atoms with E-state index >= 15 is 0 Å². The molecular weight excluding hydrogens is 443 g/mol. The molecule has 0 aromatic heterocycles. The summed E-state index contributed by atoms with van der Waals surface area (Å²) in [6.07, 6.45) is 5.59. The highest BCUT2D eigenvalue weighted by molar-refractivity contribution is 7.90. The minimum atomic E-state index is -3.36. The lowest BCUT2D eigenvalue weighted by atomic mass is 10.1. The van der Waals surface area contributed by atoms with Crippen molar-refractivity contribution in [3.8, 4) is 0 Å². The third-order valence-electron chi connectivity index (χ3n) is 4.29. The summed E-state index contributed by atoms with van der Waals surface area (Å²) in [7, 11) is -1.76. The second-order valence-electron chi connectivity index (χ2n) is 6.68. The summed E-state index contributed by atoms with van der Waals surface area (Å²) in [6.45, 7) is 4.16. The molecule has 0 saturated carbocycles. The van der Waals surface area contributed by atoms with Gasteiger partial charge in [0.05, 0.1) is 10.5 Å². The Bertz CT molecular complexity index is 1140. The fourth-order valence-electron chi connectivity index (χ4n) is 2.61. The van der Waals surface area contributed by atoms with E-state index < -0.39 is 9.84 Å². The molecule has 158 valence electrons. The van der Waals surface area contributed by atoms with E-state index in [4.69, 9.17) is 28.9 Å². The highest BCUT2D eigenvalue weighted by atomic mass is 35.5. The molecule has 8 heteroatoms. The SMILES string of the molecule is C=C(/C=C\C(=C/N)C(=O)N(C)Cc1ccc(S(C)(=O)=O)cc1Cl)c1cccc(Cl)c1. The number of likely N-dealkylation sites (N-methyl/N-ethyl adjacent to an activating group) is 1. The predicted octanol–water partition coefficient (Wildman–Crippen LogP) is 4.47. The van der Waals surface area contributed by atoms with E-state index in [0.717, 1.165) is 11.8 Å². The van der Waals surface area contributed by atoms with Crippen LogP contribution in [0.4, 0.5) is 0 Å². The van der Waals surface area contributed by atoms with E-state index in [1.165, 1.54) is 23.2 Å². The van der Waals surface area contributed by atoms with Crippen LogP contribution in [0.25, 0.3) is 5.57 Å². The van der Waals surface area contributed by atoms with Gasteiger partial charge in [0.2, 0.25) is 0 Å². The molecule has 1 amide bonds. The monoisotopic (exact) mass is 464 g/mol. The van der Waals surface area contributed by atoms with Crippen molar-refractivity contribution in [3.63, 3.8) is 0 Å². The average molecular weight is 465 g/mol. The first-order valence-corrected chi connectivity index (χ1v) is 11.5. The van der Waals surface area contributed by atoms with Crippen molar-refractivity contribution >= 4 is 44.5 Å². The standard InChI is InChI=1S/C22H22Cl2N2O3S/c1-15(16-5-4-6-19(23)11-16)7-8-17(13-25)22(27)26(2)14-18-9-10-20(12-21(18)24)30(3,28)29/h4-13H,1,14,25H2,2-3H3/b8-7-,17-13+. The van der Waals surface area contributed by atoms with Crippen molar-refractivity contribution in [2.75, 3.05) is 13.3 Å². The molecule has 2 aromatic carbocycles. The summed E-state index contributed by atoms with van der Waals surface area (Å²) in [4.78, 5) is 14.3. The number of carbonyl (C=O) groups is 1. The third-order valence-corrected chi connectivity index (χ3v) is 5.99. The summed E-state index contributed by atoms with van der Waals surface area (Å²) in [5.74, 6) is -0.323. The molecule has 0 aliphatic rings. The minimum Gasteiger partial charge on any atom is -0.404 e. The van der Waals surface area contributed by atoms with Gasteiger partial charge in [-0.3, -0.25) is 4.79 Å². The Morgan fingerprint density at radius 1 is 1.17 bits per heavy atom. The molecule has 0 aliphatic carbocycles. The summed E-state index contributed by atoms with van der Waals surface area (Å²) in [6, 6.07) is 11.6. The van der Waals surface area contributed by atoms with Crippen molar-refractivity contribution in [3.05, 3.63) is 94.1 Å². The zero-order valence-electron chi connectivity index (χ0n) is 16.6. The van der Waals surface area contributed by atoms with Gasteiger partial charge in [0.25, 0.3) is 5.91 Å². The molecule has 0 bridgehead atoms. The fourth-order valence-corrected chi connectivity index (χ4v) is 3.75. The molecule has 0 saturated heterocycles. The molecule has 2 rings (SSSR count). The molecule has 0 fully saturated rings. The number of carbonyl (C=O) groups excluding carboxylic acids is 1. The van der Waals surface area contributed by atoms with Gasteiger partial charge in [-0.05, 0) is 47.0 Å². The van der Waals surface area contributed by atoms with Crippen LogP contribution >= 0.6 is 23.2 Å².